The van der Waals surface area contributed by atoms with Gasteiger partial charge in [0.15, 0.2) is 5.75 Å². The predicted molar refractivity (Wildman–Crippen MR) is 65.2 cm³/mol. The van der Waals surface area contributed by atoms with Gasteiger partial charge >= 0.3 is 11.7 Å². The summed E-state index contributed by atoms with van der Waals surface area (Å²) in [5, 5.41) is 21.8. The number of carbonyl (C=O) groups is 1. The number of phenols is 1. The Morgan fingerprint density at radius 3 is 2.89 bits per heavy atom. The first-order valence-corrected chi connectivity index (χ1v) is 5.91. The predicted octanol–water partition coefficient (Wildman–Crippen LogP) is 1.92. The molecule has 0 radical (unpaired) electrons. The molecule has 0 aromatic heterocycles. The van der Waals surface area contributed by atoms with Crippen LogP contribution in [0.4, 0.5) is 5.69 Å². The van der Waals surface area contributed by atoms with Crippen LogP contribution < -0.4 is 0 Å². The van der Waals surface area contributed by atoms with Crippen LogP contribution >= 0.6 is 0 Å². The lowest BCUT2D eigenvalue weighted by molar-refractivity contribution is -0.385. The van der Waals surface area contributed by atoms with Crippen molar-refractivity contribution in [2.75, 3.05) is 6.54 Å². The van der Waals surface area contributed by atoms with Gasteiger partial charge in [-0.3, -0.25) is 14.9 Å². The molecule has 1 fully saturated rings. The molecule has 1 aliphatic heterocycles. The van der Waals surface area contributed by atoms with Crippen LogP contribution in [0.2, 0.25) is 0 Å². The highest BCUT2D eigenvalue weighted by atomic mass is 16.7. The van der Waals surface area contributed by atoms with E-state index in [1.165, 1.54) is 19.1 Å². The number of aromatic hydroxyl groups is 1. The number of carbonyl (C=O) groups excluding carboxylic acids is 1. The van der Waals surface area contributed by atoms with Crippen LogP contribution in [0, 0.1) is 10.1 Å². The van der Waals surface area contributed by atoms with Gasteiger partial charge in [0.1, 0.15) is 0 Å². The van der Waals surface area contributed by atoms with E-state index in [0.29, 0.717) is 12.1 Å². The third kappa shape index (κ3) is 2.82. The van der Waals surface area contributed by atoms with Gasteiger partial charge < -0.3 is 9.94 Å². The van der Waals surface area contributed by atoms with Crippen molar-refractivity contribution < 1.29 is 19.7 Å². The Morgan fingerprint density at radius 2 is 2.32 bits per heavy atom. The topological polar surface area (TPSA) is 92.9 Å². The number of hydrogen-bond acceptors (Lipinski definition) is 6. The summed E-state index contributed by atoms with van der Waals surface area (Å²) >= 11 is 0. The minimum absolute atomic E-state index is 0.171. The van der Waals surface area contributed by atoms with Crippen LogP contribution in [0.25, 0.3) is 0 Å². The smallest absolute Gasteiger partial charge is 0.322 e. The molecule has 19 heavy (non-hydrogen) atoms. The Labute approximate surface area is 109 Å². The second-order valence-electron chi connectivity index (χ2n) is 4.39. The van der Waals surface area contributed by atoms with E-state index in [0.717, 1.165) is 12.8 Å². The molecule has 7 nitrogen and oxygen atoms in total. The van der Waals surface area contributed by atoms with Crippen molar-refractivity contribution in [3.63, 3.8) is 0 Å². The maximum atomic E-state index is 11.0. The molecule has 1 unspecified atom stereocenters. The quantitative estimate of drug-likeness (QED) is 0.663. The van der Waals surface area contributed by atoms with E-state index in [9.17, 15) is 20.0 Å². The van der Waals surface area contributed by atoms with Crippen molar-refractivity contribution in [2.45, 2.75) is 25.8 Å². The second kappa shape index (κ2) is 5.23. The minimum Gasteiger partial charge on any atom is -0.502 e. The Kier molecular flexibility index (Phi) is 3.66. The van der Waals surface area contributed by atoms with Crippen molar-refractivity contribution >= 4 is 11.7 Å². The lowest BCUT2D eigenvalue weighted by Gasteiger charge is -2.22. The SMILES string of the molecule is CC(=O)ON1CCCC1c1ccc([N+](=O)[O-])c(O)c1. The highest BCUT2D eigenvalue weighted by Crippen LogP contribution is 2.36. The lowest BCUT2D eigenvalue weighted by Crippen LogP contribution is -2.25. The van der Waals surface area contributed by atoms with Crippen LogP contribution in [0.3, 0.4) is 0 Å². The van der Waals surface area contributed by atoms with Gasteiger partial charge in [0.25, 0.3) is 0 Å². The summed E-state index contributed by atoms with van der Waals surface area (Å²) in [4.78, 5) is 26.0. The maximum absolute atomic E-state index is 11.0. The van der Waals surface area contributed by atoms with Gasteiger partial charge in [-0.15, -0.1) is 5.06 Å². The number of nitro groups is 1. The fourth-order valence-electron chi connectivity index (χ4n) is 2.25. The summed E-state index contributed by atoms with van der Waals surface area (Å²) in [7, 11) is 0. The van der Waals surface area contributed by atoms with Crippen LogP contribution in [0.5, 0.6) is 5.75 Å². The number of rotatable bonds is 3. The van der Waals surface area contributed by atoms with Gasteiger partial charge in [0.05, 0.1) is 11.0 Å². The second-order valence-corrected chi connectivity index (χ2v) is 4.39. The van der Waals surface area contributed by atoms with Crippen LogP contribution in [-0.2, 0) is 9.63 Å². The number of benzene rings is 1. The summed E-state index contributed by atoms with van der Waals surface area (Å²) in [5.41, 5.74) is 0.364. The third-order valence-corrected chi connectivity index (χ3v) is 3.03. The Morgan fingerprint density at radius 1 is 1.58 bits per heavy atom. The largest absolute Gasteiger partial charge is 0.502 e. The molecule has 1 aromatic carbocycles. The van der Waals surface area contributed by atoms with Crippen molar-refractivity contribution in [3.8, 4) is 5.75 Å². The van der Waals surface area contributed by atoms with E-state index in [2.05, 4.69) is 0 Å². The van der Waals surface area contributed by atoms with Gasteiger partial charge in [0.2, 0.25) is 0 Å². The summed E-state index contributed by atoms with van der Waals surface area (Å²) < 4.78 is 0. The zero-order valence-electron chi connectivity index (χ0n) is 10.4. The average molecular weight is 266 g/mol. The number of nitrogens with zero attached hydrogens (tertiary/aromatic N) is 2. The molecule has 1 saturated heterocycles. The van der Waals surface area contributed by atoms with E-state index in [1.54, 1.807) is 11.1 Å². The van der Waals surface area contributed by atoms with Crippen LogP contribution in [0.1, 0.15) is 31.4 Å². The first-order chi connectivity index (χ1) is 8.99. The molecule has 0 bridgehead atoms. The summed E-state index contributed by atoms with van der Waals surface area (Å²) in [5.74, 6) is -0.782. The molecular formula is C12H14N2O5. The van der Waals surface area contributed by atoms with Crippen molar-refractivity contribution in [1.82, 2.24) is 5.06 Å². The van der Waals surface area contributed by atoms with Gasteiger partial charge in [-0.25, -0.2) is 0 Å². The molecule has 1 atom stereocenters. The molecule has 1 aliphatic rings. The first-order valence-electron chi connectivity index (χ1n) is 5.91. The molecule has 2 rings (SSSR count). The molecule has 0 aliphatic carbocycles. The van der Waals surface area contributed by atoms with Gasteiger partial charge in [0, 0.05) is 19.5 Å². The number of phenolic OH excluding ortho intramolecular Hbond substituents is 1. The maximum Gasteiger partial charge on any atom is 0.322 e. The van der Waals surface area contributed by atoms with E-state index < -0.39 is 10.9 Å². The molecule has 1 N–H and O–H groups in total. The Hall–Kier alpha value is -2.15. The van der Waals surface area contributed by atoms with Crippen LogP contribution in [0.15, 0.2) is 18.2 Å². The lowest BCUT2D eigenvalue weighted by atomic mass is 10.0. The Bertz CT molecular complexity index is 517. The van der Waals surface area contributed by atoms with E-state index in [1.807, 2.05) is 0 Å². The molecule has 7 heteroatoms. The summed E-state index contributed by atoms with van der Waals surface area (Å²) in [6.45, 7) is 1.94. The number of hydroxylamine groups is 2. The monoisotopic (exact) mass is 266 g/mol. The average Bonchev–Trinajstić information content (AvgIpc) is 2.75. The molecular weight excluding hydrogens is 252 g/mol. The highest BCUT2D eigenvalue weighted by Gasteiger charge is 2.29. The Balaban J connectivity index is 2.24. The van der Waals surface area contributed by atoms with E-state index >= 15 is 0 Å². The van der Waals surface area contributed by atoms with E-state index in [-0.39, 0.29) is 17.5 Å². The molecule has 0 saturated carbocycles. The summed E-state index contributed by atoms with van der Waals surface area (Å²) in [6.07, 6.45) is 1.63. The molecule has 1 aromatic rings. The van der Waals surface area contributed by atoms with Crippen molar-refractivity contribution in [2.24, 2.45) is 0 Å². The van der Waals surface area contributed by atoms with Crippen molar-refractivity contribution in [3.05, 3.63) is 33.9 Å². The summed E-state index contributed by atoms with van der Waals surface area (Å²) in [6, 6.07) is 4.01. The van der Waals surface area contributed by atoms with Gasteiger partial charge in [-0.05, 0) is 24.5 Å². The molecule has 0 amide bonds. The molecule has 1 heterocycles. The standard InChI is InChI=1S/C12H14N2O5/c1-8(15)19-13-6-2-3-10(13)9-4-5-11(14(17)18)12(16)7-9/h4-5,7,10,16H,2-3,6H2,1H3. The highest BCUT2D eigenvalue weighted by molar-refractivity contribution is 5.65. The van der Waals surface area contributed by atoms with Gasteiger partial charge in [-0.1, -0.05) is 6.07 Å². The number of nitro benzene ring substituents is 1. The van der Waals surface area contributed by atoms with Crippen LogP contribution in [-0.4, -0.2) is 27.6 Å². The number of hydrogen-bond donors (Lipinski definition) is 1. The first kappa shape index (κ1) is 13.3. The fourth-order valence-corrected chi connectivity index (χ4v) is 2.25. The minimum atomic E-state index is -0.641. The normalized spacial score (nSPS) is 19.3. The van der Waals surface area contributed by atoms with Crippen molar-refractivity contribution in [1.29, 1.82) is 0 Å². The molecule has 0 spiro atoms. The third-order valence-electron chi connectivity index (χ3n) is 3.03. The molecule has 102 valence electrons. The zero-order valence-corrected chi connectivity index (χ0v) is 10.4. The van der Waals surface area contributed by atoms with Gasteiger partial charge in [-0.2, -0.15) is 0 Å². The zero-order chi connectivity index (χ0) is 14.0. The van der Waals surface area contributed by atoms with E-state index in [4.69, 9.17) is 4.84 Å². The fraction of sp³-hybridized carbons (Fsp3) is 0.417.